The van der Waals surface area contributed by atoms with Crippen molar-refractivity contribution in [3.63, 3.8) is 0 Å². The topological polar surface area (TPSA) is 64.0 Å². The van der Waals surface area contributed by atoms with Crippen LogP contribution in [0.25, 0.3) is 16.5 Å². The van der Waals surface area contributed by atoms with E-state index in [0.717, 1.165) is 31.6 Å². The van der Waals surface area contributed by atoms with E-state index < -0.39 is 0 Å². The van der Waals surface area contributed by atoms with Crippen molar-refractivity contribution in [2.75, 3.05) is 46.3 Å². The number of fused-ring (bicyclic) bond motifs is 1. The molecule has 4 rings (SSSR count). The molecular formula is C24H27N3O4. The summed E-state index contributed by atoms with van der Waals surface area (Å²) in [5.41, 5.74) is 1.92. The number of aromatic nitrogens is 1. The summed E-state index contributed by atoms with van der Waals surface area (Å²) < 4.78 is 12.4. The van der Waals surface area contributed by atoms with E-state index >= 15 is 0 Å². The minimum atomic E-state index is -0.218. The molecule has 0 unspecified atom stereocenters. The van der Waals surface area contributed by atoms with Gasteiger partial charge < -0.3 is 19.3 Å². The molecule has 2 heterocycles. The van der Waals surface area contributed by atoms with Crippen LogP contribution in [-0.2, 0) is 0 Å². The van der Waals surface area contributed by atoms with Crippen LogP contribution in [0, 0.1) is 0 Å². The number of ether oxygens (including phenoxy) is 2. The van der Waals surface area contributed by atoms with Gasteiger partial charge in [-0.15, -0.1) is 0 Å². The van der Waals surface area contributed by atoms with Gasteiger partial charge in [-0.2, -0.15) is 0 Å². The lowest BCUT2D eigenvalue weighted by molar-refractivity contribution is 0.0794. The fourth-order valence-electron chi connectivity index (χ4n) is 4.04. The predicted octanol–water partition coefficient (Wildman–Crippen LogP) is 3.31. The van der Waals surface area contributed by atoms with E-state index in [9.17, 15) is 9.59 Å². The molecule has 0 aliphatic carbocycles. The first-order chi connectivity index (χ1) is 14.9. The molecule has 162 valence electrons. The Morgan fingerprint density at radius 1 is 0.968 bits per heavy atom. The molecule has 1 aromatic heterocycles. The van der Waals surface area contributed by atoms with Crippen molar-refractivity contribution in [2.45, 2.75) is 12.8 Å². The van der Waals surface area contributed by atoms with Gasteiger partial charge in [-0.25, -0.2) is 0 Å². The monoisotopic (exact) mass is 421 g/mol. The average Bonchev–Trinajstić information content (AvgIpc) is 3.33. The normalized spacial score (nSPS) is 13.5. The van der Waals surface area contributed by atoms with Crippen LogP contribution in [0.4, 0.5) is 5.69 Å². The van der Waals surface area contributed by atoms with E-state index in [1.165, 1.54) is 7.11 Å². The predicted molar refractivity (Wildman–Crippen MR) is 122 cm³/mol. The third kappa shape index (κ3) is 3.71. The van der Waals surface area contributed by atoms with E-state index in [-0.39, 0.29) is 11.5 Å². The van der Waals surface area contributed by atoms with E-state index in [1.807, 2.05) is 48.2 Å². The van der Waals surface area contributed by atoms with Gasteiger partial charge in [-0.05, 0) is 43.2 Å². The van der Waals surface area contributed by atoms with Crippen LogP contribution in [-0.4, -0.2) is 56.8 Å². The number of methoxy groups -OCH3 is 2. The van der Waals surface area contributed by atoms with Crippen molar-refractivity contribution in [3.8, 4) is 17.2 Å². The zero-order valence-corrected chi connectivity index (χ0v) is 18.3. The Hall–Kier alpha value is -3.48. The quantitative estimate of drug-likeness (QED) is 0.633. The van der Waals surface area contributed by atoms with Crippen molar-refractivity contribution in [2.24, 2.45) is 0 Å². The second-order valence-corrected chi connectivity index (χ2v) is 7.88. The number of carbonyl (C=O) groups excluding carboxylic acids is 1. The van der Waals surface area contributed by atoms with Crippen LogP contribution < -0.4 is 19.9 Å². The Bertz CT molecular complexity index is 1190. The number of likely N-dealkylation sites (tertiary alicyclic amines) is 1. The van der Waals surface area contributed by atoms with Crippen LogP contribution in [0.15, 0.2) is 47.4 Å². The van der Waals surface area contributed by atoms with Crippen LogP contribution in [0.1, 0.15) is 23.2 Å². The Balaban J connectivity index is 2.01. The molecule has 1 saturated heterocycles. The molecule has 0 N–H and O–H groups in total. The summed E-state index contributed by atoms with van der Waals surface area (Å²) in [5, 5.41) is 0.984. The van der Waals surface area contributed by atoms with Gasteiger partial charge in [0.05, 0.1) is 30.9 Å². The second kappa shape index (κ2) is 8.34. The molecule has 0 radical (unpaired) electrons. The fraction of sp³-hybridized carbons (Fsp3) is 0.333. The molecule has 3 aromatic rings. The summed E-state index contributed by atoms with van der Waals surface area (Å²) >= 11 is 0. The highest BCUT2D eigenvalue weighted by molar-refractivity contribution is 6.07. The van der Waals surface area contributed by atoms with Gasteiger partial charge in [-0.3, -0.25) is 14.2 Å². The Kier molecular flexibility index (Phi) is 5.59. The largest absolute Gasteiger partial charge is 0.493 e. The Labute approximate surface area is 181 Å². The lowest BCUT2D eigenvalue weighted by atomic mass is 10.0. The molecule has 2 aromatic carbocycles. The highest BCUT2D eigenvalue weighted by Gasteiger charge is 2.24. The maximum Gasteiger partial charge on any atom is 0.263 e. The van der Waals surface area contributed by atoms with Gasteiger partial charge in [0.25, 0.3) is 11.5 Å². The number of pyridine rings is 1. The molecule has 1 aliphatic rings. The Morgan fingerprint density at radius 2 is 1.61 bits per heavy atom. The molecule has 0 spiro atoms. The standard InChI is InChI=1S/C24H27N3O4/c1-25(2)16-8-7-9-17(12-16)27-15-20(23(28)26-10-5-6-11-26)18-13-21(30-3)22(31-4)14-19(18)24(27)29/h7-9,12-15H,5-6,10-11H2,1-4H3. The average molecular weight is 421 g/mol. The second-order valence-electron chi connectivity index (χ2n) is 7.88. The van der Waals surface area contributed by atoms with Crippen molar-refractivity contribution < 1.29 is 14.3 Å². The first-order valence-electron chi connectivity index (χ1n) is 10.3. The maximum atomic E-state index is 13.5. The van der Waals surface area contributed by atoms with Gasteiger partial charge in [0, 0.05) is 44.5 Å². The third-order valence-corrected chi connectivity index (χ3v) is 5.77. The first-order valence-corrected chi connectivity index (χ1v) is 10.3. The zero-order valence-electron chi connectivity index (χ0n) is 18.3. The highest BCUT2D eigenvalue weighted by atomic mass is 16.5. The summed E-state index contributed by atoms with van der Waals surface area (Å²) in [7, 11) is 6.96. The van der Waals surface area contributed by atoms with Crippen molar-refractivity contribution in [1.82, 2.24) is 9.47 Å². The maximum absolute atomic E-state index is 13.5. The number of carbonyl (C=O) groups is 1. The molecule has 0 saturated carbocycles. The van der Waals surface area contributed by atoms with Crippen LogP contribution >= 0.6 is 0 Å². The molecular weight excluding hydrogens is 394 g/mol. The smallest absolute Gasteiger partial charge is 0.263 e. The lowest BCUT2D eigenvalue weighted by Gasteiger charge is -2.20. The number of amides is 1. The van der Waals surface area contributed by atoms with Gasteiger partial charge in [0.1, 0.15) is 0 Å². The highest BCUT2D eigenvalue weighted by Crippen LogP contribution is 2.33. The minimum absolute atomic E-state index is 0.0766. The summed E-state index contributed by atoms with van der Waals surface area (Å²) in [6.45, 7) is 1.45. The summed E-state index contributed by atoms with van der Waals surface area (Å²) in [6, 6.07) is 11.0. The number of hydrogen-bond donors (Lipinski definition) is 0. The molecule has 1 aliphatic heterocycles. The number of hydrogen-bond acceptors (Lipinski definition) is 5. The van der Waals surface area contributed by atoms with E-state index in [1.54, 1.807) is 30.0 Å². The summed E-state index contributed by atoms with van der Waals surface area (Å²) in [4.78, 5) is 30.7. The zero-order chi connectivity index (χ0) is 22.1. The van der Waals surface area contributed by atoms with Gasteiger partial charge in [-0.1, -0.05) is 6.07 Å². The van der Waals surface area contributed by atoms with Crippen molar-refractivity contribution in [3.05, 3.63) is 58.5 Å². The Morgan fingerprint density at radius 3 is 2.23 bits per heavy atom. The van der Waals surface area contributed by atoms with E-state index in [4.69, 9.17) is 9.47 Å². The fourth-order valence-corrected chi connectivity index (χ4v) is 4.04. The minimum Gasteiger partial charge on any atom is -0.493 e. The van der Waals surface area contributed by atoms with Gasteiger partial charge in [0.2, 0.25) is 0 Å². The molecule has 7 nitrogen and oxygen atoms in total. The van der Waals surface area contributed by atoms with E-state index in [0.29, 0.717) is 33.5 Å². The molecule has 7 heteroatoms. The number of anilines is 1. The van der Waals surface area contributed by atoms with Crippen molar-refractivity contribution >= 4 is 22.4 Å². The number of benzene rings is 2. The van der Waals surface area contributed by atoms with Gasteiger partial charge >= 0.3 is 0 Å². The first kappa shape index (κ1) is 20.8. The molecule has 1 fully saturated rings. The van der Waals surface area contributed by atoms with Crippen LogP contribution in [0.2, 0.25) is 0 Å². The third-order valence-electron chi connectivity index (χ3n) is 5.77. The summed E-state index contributed by atoms with van der Waals surface area (Å²) in [5.74, 6) is 0.857. The van der Waals surface area contributed by atoms with Gasteiger partial charge in [0.15, 0.2) is 11.5 Å². The van der Waals surface area contributed by atoms with Crippen LogP contribution in [0.3, 0.4) is 0 Å². The molecule has 1 amide bonds. The van der Waals surface area contributed by atoms with Crippen LogP contribution in [0.5, 0.6) is 11.5 Å². The summed E-state index contributed by atoms with van der Waals surface area (Å²) in [6.07, 6.45) is 3.64. The molecule has 31 heavy (non-hydrogen) atoms. The molecule has 0 bridgehead atoms. The lowest BCUT2D eigenvalue weighted by Crippen LogP contribution is -2.30. The SMILES string of the molecule is COc1cc2c(C(=O)N3CCCC3)cn(-c3cccc(N(C)C)c3)c(=O)c2cc1OC. The van der Waals surface area contributed by atoms with Crippen molar-refractivity contribution in [1.29, 1.82) is 0 Å². The number of nitrogens with zero attached hydrogens (tertiary/aromatic N) is 3. The number of rotatable bonds is 5. The molecule has 0 atom stereocenters. The van der Waals surface area contributed by atoms with E-state index in [2.05, 4.69) is 0 Å².